The molecule has 3 rings (SSSR count). The van der Waals surface area contributed by atoms with Crippen molar-refractivity contribution in [2.24, 2.45) is 0 Å². The number of aliphatic hydroxyl groups is 1. The number of quaternary nitrogens is 1. The summed E-state index contributed by atoms with van der Waals surface area (Å²) >= 11 is 0. The maximum absolute atomic E-state index is 15.0. The number of carbonyl (C=O) groups excluding carboxylic acids is 2. The van der Waals surface area contributed by atoms with E-state index in [0.29, 0.717) is 0 Å². The lowest BCUT2D eigenvalue weighted by atomic mass is 9.81. The standard InChI is InChI=1S/C20H21F2N3O6/c1-25(2,31)7-5-23-17-13-14(18(24-6-8-26)16(22)15(17)21)20(30)12-10(28)4-3-9(27)11(12)19(13)29/h3-4,26,31H,5-8H2,1-2H3,(H3-,23,24,27,28,29,30)/p+1. The van der Waals surface area contributed by atoms with Crippen molar-refractivity contribution in [2.45, 2.75) is 0 Å². The van der Waals surface area contributed by atoms with Gasteiger partial charge >= 0.3 is 0 Å². The van der Waals surface area contributed by atoms with Gasteiger partial charge in [0.2, 0.25) is 11.6 Å². The third-order valence-electron chi connectivity index (χ3n) is 4.83. The Morgan fingerprint density at radius 2 is 1.26 bits per heavy atom. The van der Waals surface area contributed by atoms with Gasteiger partial charge in [0, 0.05) is 6.54 Å². The van der Waals surface area contributed by atoms with E-state index in [-0.39, 0.29) is 19.6 Å². The largest absolute Gasteiger partial charge is 0.507 e. The number of halogens is 2. The van der Waals surface area contributed by atoms with Crippen LogP contribution in [0, 0.1) is 11.6 Å². The minimum atomic E-state index is -1.46. The highest BCUT2D eigenvalue weighted by molar-refractivity contribution is 6.33. The molecule has 166 valence electrons. The van der Waals surface area contributed by atoms with Gasteiger partial charge in [-0.3, -0.25) is 9.59 Å². The Morgan fingerprint density at radius 3 is 1.65 bits per heavy atom. The molecule has 6 N–H and O–H groups in total. The Kier molecular flexibility index (Phi) is 5.85. The van der Waals surface area contributed by atoms with E-state index in [9.17, 15) is 33.8 Å². The van der Waals surface area contributed by atoms with Crippen LogP contribution in [0.2, 0.25) is 0 Å². The molecule has 0 spiro atoms. The molecule has 0 unspecified atom stereocenters. The molecule has 31 heavy (non-hydrogen) atoms. The fraction of sp³-hybridized carbons (Fsp3) is 0.300. The van der Waals surface area contributed by atoms with Crippen molar-refractivity contribution >= 4 is 22.9 Å². The van der Waals surface area contributed by atoms with Crippen molar-refractivity contribution in [3.63, 3.8) is 0 Å². The summed E-state index contributed by atoms with van der Waals surface area (Å²) in [4.78, 5) is 26.4. The number of phenolic OH excluding ortho intramolecular Hbond substituents is 2. The van der Waals surface area contributed by atoms with Gasteiger partial charge in [-0.1, -0.05) is 0 Å². The van der Waals surface area contributed by atoms with Crippen LogP contribution < -0.4 is 10.6 Å². The molecule has 2 aromatic rings. The minimum Gasteiger partial charge on any atom is -0.507 e. The van der Waals surface area contributed by atoms with Gasteiger partial charge in [-0.2, -0.15) is 4.65 Å². The second kappa shape index (κ2) is 8.10. The van der Waals surface area contributed by atoms with Crippen molar-refractivity contribution in [2.75, 3.05) is 51.0 Å². The Hall–Kier alpha value is -3.28. The van der Waals surface area contributed by atoms with Gasteiger partial charge in [-0.15, -0.1) is 0 Å². The van der Waals surface area contributed by atoms with Gasteiger partial charge in [0.25, 0.3) is 0 Å². The average molecular weight is 438 g/mol. The molecular formula is C20H22F2N3O6+. The number of nitrogens with one attached hydrogen (secondary N) is 2. The molecule has 0 amide bonds. The van der Waals surface area contributed by atoms with Crippen LogP contribution in [0.25, 0.3) is 0 Å². The number of ketones is 2. The zero-order valence-electron chi connectivity index (χ0n) is 16.8. The van der Waals surface area contributed by atoms with E-state index in [1.807, 2.05) is 0 Å². The highest BCUT2D eigenvalue weighted by Gasteiger charge is 2.41. The zero-order chi connectivity index (χ0) is 23.1. The maximum Gasteiger partial charge on any atom is 0.200 e. The zero-order valence-corrected chi connectivity index (χ0v) is 16.8. The summed E-state index contributed by atoms with van der Waals surface area (Å²) in [7, 11) is 2.89. The summed E-state index contributed by atoms with van der Waals surface area (Å²) in [5.41, 5.74) is -3.38. The molecular weight excluding hydrogens is 416 g/mol. The Morgan fingerprint density at radius 1 is 0.839 bits per heavy atom. The Labute approximate surface area is 175 Å². The van der Waals surface area contributed by atoms with Crippen LogP contribution in [0.3, 0.4) is 0 Å². The van der Waals surface area contributed by atoms with Crippen LogP contribution in [-0.4, -0.2) is 77.1 Å². The number of hydrogen-bond acceptors (Lipinski definition) is 8. The molecule has 1 aliphatic rings. The Balaban J connectivity index is 2.27. The first kappa shape index (κ1) is 22.4. The summed E-state index contributed by atoms with van der Waals surface area (Å²) in [6, 6.07) is 2.01. The van der Waals surface area contributed by atoms with Crippen molar-refractivity contribution in [1.29, 1.82) is 0 Å². The average Bonchev–Trinajstić information content (AvgIpc) is 2.69. The van der Waals surface area contributed by atoms with Gasteiger partial charge < -0.3 is 26.0 Å². The third-order valence-corrected chi connectivity index (χ3v) is 4.83. The smallest absolute Gasteiger partial charge is 0.200 e. The van der Waals surface area contributed by atoms with Crippen LogP contribution in [0.5, 0.6) is 11.5 Å². The minimum absolute atomic E-state index is 0.0467. The lowest BCUT2D eigenvalue weighted by Gasteiger charge is -2.26. The first-order valence-electron chi connectivity index (χ1n) is 9.33. The highest BCUT2D eigenvalue weighted by Crippen LogP contribution is 2.44. The number of phenols is 2. The molecule has 1 aliphatic carbocycles. The molecule has 0 saturated heterocycles. The fourth-order valence-corrected chi connectivity index (χ4v) is 3.40. The molecule has 0 heterocycles. The summed E-state index contributed by atoms with van der Waals surface area (Å²) in [6.07, 6.45) is 0. The highest BCUT2D eigenvalue weighted by atomic mass is 19.2. The SMILES string of the molecule is C[N+](C)(O)CCNc1c(F)c(F)c(NCCO)c2c1C(=O)c1c(O)ccc(O)c1C2=O. The topological polar surface area (TPSA) is 139 Å². The van der Waals surface area contributed by atoms with E-state index in [0.717, 1.165) is 12.1 Å². The molecule has 0 bridgehead atoms. The quantitative estimate of drug-likeness (QED) is 0.185. The number of benzene rings is 2. The predicted molar refractivity (Wildman–Crippen MR) is 106 cm³/mol. The van der Waals surface area contributed by atoms with Crippen LogP contribution in [-0.2, 0) is 0 Å². The summed E-state index contributed by atoms with van der Waals surface area (Å²) in [6.45, 7) is -0.753. The van der Waals surface area contributed by atoms with Crippen molar-refractivity contribution in [3.05, 3.63) is 46.0 Å². The fourth-order valence-electron chi connectivity index (χ4n) is 3.40. The third kappa shape index (κ3) is 3.90. The van der Waals surface area contributed by atoms with Gasteiger partial charge in [0.15, 0.2) is 11.6 Å². The summed E-state index contributed by atoms with van der Waals surface area (Å²) in [5, 5.41) is 44.1. The number of hydroxylamine groups is 3. The molecule has 2 aromatic carbocycles. The molecule has 0 fully saturated rings. The molecule has 0 aliphatic heterocycles. The van der Waals surface area contributed by atoms with Gasteiger partial charge in [-0.25, -0.2) is 14.0 Å². The summed E-state index contributed by atoms with van der Waals surface area (Å²) < 4.78 is 29.4. The number of anilines is 2. The molecule has 0 aromatic heterocycles. The Bertz CT molecular complexity index is 1080. The number of likely N-dealkylation sites (N-methyl/N-ethyl adjacent to an activating group) is 1. The lowest BCUT2D eigenvalue weighted by Crippen LogP contribution is -2.39. The number of aliphatic hydroxyl groups excluding tert-OH is 1. The molecule has 0 radical (unpaired) electrons. The number of rotatable bonds is 7. The van der Waals surface area contributed by atoms with Crippen molar-refractivity contribution in [1.82, 2.24) is 0 Å². The lowest BCUT2D eigenvalue weighted by molar-refractivity contribution is -1.07. The van der Waals surface area contributed by atoms with Crippen LogP contribution in [0.1, 0.15) is 31.8 Å². The number of hydrogen-bond donors (Lipinski definition) is 6. The summed E-state index contributed by atoms with van der Waals surface area (Å²) in [5.74, 6) is -6.12. The molecule has 9 nitrogen and oxygen atoms in total. The number of carbonyl (C=O) groups is 2. The first-order chi connectivity index (χ1) is 14.5. The van der Waals surface area contributed by atoms with E-state index < -0.39 is 79.6 Å². The van der Waals surface area contributed by atoms with Crippen molar-refractivity contribution in [3.8, 4) is 11.5 Å². The molecule has 0 atom stereocenters. The number of fused-ring (bicyclic) bond motifs is 2. The maximum atomic E-state index is 15.0. The monoisotopic (exact) mass is 438 g/mol. The second-order valence-electron chi connectivity index (χ2n) is 7.56. The van der Waals surface area contributed by atoms with Gasteiger partial charge in [0.1, 0.15) is 18.0 Å². The van der Waals surface area contributed by atoms with E-state index in [1.165, 1.54) is 14.1 Å². The van der Waals surface area contributed by atoms with E-state index in [1.54, 1.807) is 0 Å². The first-order valence-corrected chi connectivity index (χ1v) is 9.33. The second-order valence-corrected chi connectivity index (χ2v) is 7.56. The normalized spacial score (nSPS) is 13.1. The van der Waals surface area contributed by atoms with E-state index in [4.69, 9.17) is 5.11 Å². The predicted octanol–water partition coefficient (Wildman–Crippen LogP) is 1.43. The van der Waals surface area contributed by atoms with Crippen LogP contribution in [0.15, 0.2) is 12.1 Å². The number of aromatic hydroxyl groups is 2. The van der Waals surface area contributed by atoms with Crippen LogP contribution in [0.4, 0.5) is 20.2 Å². The van der Waals surface area contributed by atoms with Gasteiger partial charge in [-0.05, 0) is 12.1 Å². The molecule has 11 heteroatoms. The van der Waals surface area contributed by atoms with E-state index in [2.05, 4.69) is 10.6 Å². The molecule has 0 saturated carbocycles. The van der Waals surface area contributed by atoms with Crippen LogP contribution >= 0.6 is 0 Å². The van der Waals surface area contributed by atoms with E-state index >= 15 is 0 Å². The number of nitrogens with zero attached hydrogens (tertiary/aromatic N) is 1. The van der Waals surface area contributed by atoms with Crippen molar-refractivity contribution < 1.29 is 43.5 Å². The van der Waals surface area contributed by atoms with Gasteiger partial charge in [0.05, 0.1) is 60.9 Å².